The summed E-state index contributed by atoms with van der Waals surface area (Å²) in [6.07, 6.45) is -4.73. The van der Waals surface area contributed by atoms with Crippen LogP contribution in [0.3, 0.4) is 0 Å². The number of nitrogens with two attached hydrogens (primary N) is 8. The van der Waals surface area contributed by atoms with Gasteiger partial charge < -0.3 is 74.3 Å². The van der Waals surface area contributed by atoms with E-state index in [1.165, 1.54) is 7.11 Å². The molecule has 0 aromatic carbocycles. The third-order valence-electron chi connectivity index (χ3n) is 7.06. The second kappa shape index (κ2) is 22.1. The topological polar surface area (TPSA) is 332 Å². The van der Waals surface area contributed by atoms with Gasteiger partial charge >= 0.3 is 23.9 Å². The molecule has 45 heavy (non-hydrogen) atoms. The predicted octanol–water partition coefficient (Wildman–Crippen LogP) is -4.10. The molecule has 0 spiro atoms. The summed E-state index contributed by atoms with van der Waals surface area (Å²) in [6.45, 7) is 0.631. The Morgan fingerprint density at radius 2 is 0.933 bits per heavy atom. The number of rotatable bonds is 22. The summed E-state index contributed by atoms with van der Waals surface area (Å²) in [5.41, 5.74) is 46.1. The number of methoxy groups -OCH3 is 1. The van der Waals surface area contributed by atoms with E-state index in [4.69, 9.17) is 74.3 Å². The Morgan fingerprint density at radius 1 is 0.578 bits per heavy atom. The molecular weight excluding hydrogens is 596 g/mol. The van der Waals surface area contributed by atoms with Crippen molar-refractivity contribution in [2.45, 2.75) is 106 Å². The normalized spacial score (nSPS) is 24.2. The monoisotopic (exact) mass is 650 g/mol. The molecule has 1 rings (SSSR count). The molecule has 1 aliphatic rings. The third-order valence-corrected chi connectivity index (χ3v) is 7.06. The van der Waals surface area contributed by atoms with Crippen LogP contribution < -0.4 is 45.9 Å². The molecule has 18 heteroatoms. The number of carbonyl (C=O) groups is 4. The lowest BCUT2D eigenvalue weighted by Gasteiger charge is -2.44. The summed E-state index contributed by atoms with van der Waals surface area (Å²) < 4.78 is 33.9. The van der Waals surface area contributed by atoms with Gasteiger partial charge in [0.15, 0.2) is 24.6 Å². The molecule has 18 nitrogen and oxygen atoms in total. The maximum Gasteiger partial charge on any atom is 0.323 e. The minimum Gasteiger partial charge on any atom is -0.462 e. The van der Waals surface area contributed by atoms with E-state index in [1.807, 2.05) is 0 Å². The second-order valence-corrected chi connectivity index (χ2v) is 10.8. The molecule has 9 atom stereocenters. The third kappa shape index (κ3) is 13.8. The summed E-state index contributed by atoms with van der Waals surface area (Å²) >= 11 is 0. The van der Waals surface area contributed by atoms with Crippen molar-refractivity contribution in [2.24, 2.45) is 45.9 Å². The van der Waals surface area contributed by atoms with Crippen LogP contribution in [0.4, 0.5) is 0 Å². The number of hydrogen-bond acceptors (Lipinski definition) is 18. The Kier molecular flexibility index (Phi) is 19.9. The smallest absolute Gasteiger partial charge is 0.323 e. The lowest BCUT2D eigenvalue weighted by atomic mass is 9.97. The van der Waals surface area contributed by atoms with Crippen LogP contribution in [-0.2, 0) is 47.6 Å². The largest absolute Gasteiger partial charge is 0.462 e. The highest BCUT2D eigenvalue weighted by Crippen LogP contribution is 2.30. The van der Waals surface area contributed by atoms with Crippen molar-refractivity contribution in [3.63, 3.8) is 0 Å². The molecule has 1 fully saturated rings. The zero-order chi connectivity index (χ0) is 33.9. The Bertz CT molecular complexity index is 904. The van der Waals surface area contributed by atoms with Gasteiger partial charge in [-0.05, 0) is 77.5 Å². The molecule has 0 aliphatic carbocycles. The molecule has 0 bridgehead atoms. The summed E-state index contributed by atoms with van der Waals surface area (Å²) in [5.74, 6) is -3.47. The maximum absolute atomic E-state index is 13.1. The van der Waals surface area contributed by atoms with Crippen LogP contribution in [0.1, 0.15) is 51.4 Å². The van der Waals surface area contributed by atoms with Crippen molar-refractivity contribution in [3.8, 4) is 0 Å². The zero-order valence-electron chi connectivity index (χ0n) is 26.1. The van der Waals surface area contributed by atoms with E-state index in [0.29, 0.717) is 32.2 Å². The van der Waals surface area contributed by atoms with Gasteiger partial charge in [0.25, 0.3) is 0 Å². The minimum absolute atomic E-state index is 0.177. The van der Waals surface area contributed by atoms with Gasteiger partial charge in [-0.1, -0.05) is 0 Å². The first kappa shape index (κ1) is 40.5. The Morgan fingerprint density at radius 3 is 1.31 bits per heavy atom. The van der Waals surface area contributed by atoms with Crippen LogP contribution in [0.2, 0.25) is 0 Å². The SMILES string of the molecule is CO[C@H]1O[C@H](COC(=O)[C@@H](N)CCCN)[C@H](OC(=O)[C@@H](N)CCCN)[C@H](OC(=O)[C@@H](N)CCCN)[C@H]1OC(=O)[C@@H](N)CCCN. The highest BCUT2D eigenvalue weighted by Gasteiger charge is 2.54. The summed E-state index contributed by atoms with van der Waals surface area (Å²) in [7, 11) is 1.24. The first-order valence-corrected chi connectivity index (χ1v) is 15.2. The number of hydrogen-bond donors (Lipinski definition) is 8. The number of ether oxygens (including phenoxy) is 6. The van der Waals surface area contributed by atoms with Gasteiger partial charge in [-0.2, -0.15) is 0 Å². The second-order valence-electron chi connectivity index (χ2n) is 10.8. The van der Waals surface area contributed by atoms with Crippen molar-refractivity contribution in [1.29, 1.82) is 0 Å². The fourth-order valence-corrected chi connectivity index (χ4v) is 4.36. The van der Waals surface area contributed by atoms with E-state index in [1.54, 1.807) is 0 Å². The lowest BCUT2D eigenvalue weighted by Crippen LogP contribution is -2.64. The summed E-state index contributed by atoms with van der Waals surface area (Å²) in [4.78, 5) is 51.8. The standard InChI is InChI=1S/C27H54N8O10/c1-40-27-22(45-26(39)18(35)9-5-13-31)21(44-25(38)17(34)8-4-12-30)20(43-24(37)16(33)7-3-11-29)19(42-27)14-41-23(36)15(32)6-2-10-28/h15-22,27H,2-14,28-35H2,1H3/t15-,16-,17-,18-,19+,20-,21-,22+,27-/m0/s1. The molecule has 0 aromatic rings. The van der Waals surface area contributed by atoms with Crippen molar-refractivity contribution in [3.05, 3.63) is 0 Å². The molecular formula is C27H54N8O10. The number of carbonyl (C=O) groups excluding carboxylic acids is 4. The number of esters is 4. The van der Waals surface area contributed by atoms with Crippen LogP contribution in [0, 0.1) is 0 Å². The van der Waals surface area contributed by atoms with Crippen LogP contribution in [0.15, 0.2) is 0 Å². The van der Waals surface area contributed by atoms with Gasteiger partial charge in [0, 0.05) is 7.11 Å². The van der Waals surface area contributed by atoms with E-state index in [-0.39, 0.29) is 45.3 Å². The van der Waals surface area contributed by atoms with Gasteiger partial charge in [-0.15, -0.1) is 0 Å². The van der Waals surface area contributed by atoms with Gasteiger partial charge in [-0.3, -0.25) is 19.2 Å². The molecule has 0 saturated carbocycles. The van der Waals surface area contributed by atoms with Gasteiger partial charge in [0.1, 0.15) is 36.9 Å². The molecule has 1 saturated heterocycles. The van der Waals surface area contributed by atoms with Gasteiger partial charge in [0.05, 0.1) is 0 Å². The highest BCUT2D eigenvalue weighted by atomic mass is 16.7. The Labute approximate surface area is 263 Å². The fraction of sp³-hybridized carbons (Fsp3) is 0.852. The van der Waals surface area contributed by atoms with E-state index < -0.39 is 85.4 Å². The Balaban J connectivity index is 3.49. The van der Waals surface area contributed by atoms with Crippen LogP contribution in [-0.4, -0.2) is 119 Å². The van der Waals surface area contributed by atoms with Crippen LogP contribution in [0.5, 0.6) is 0 Å². The van der Waals surface area contributed by atoms with Gasteiger partial charge in [-0.25, -0.2) is 0 Å². The Hall–Kier alpha value is -2.52. The van der Waals surface area contributed by atoms with Crippen LogP contribution in [0.25, 0.3) is 0 Å². The molecule has 16 N–H and O–H groups in total. The van der Waals surface area contributed by atoms with E-state index >= 15 is 0 Å². The molecule has 1 heterocycles. The van der Waals surface area contributed by atoms with Crippen LogP contribution >= 0.6 is 0 Å². The van der Waals surface area contributed by atoms with Crippen molar-refractivity contribution >= 4 is 23.9 Å². The maximum atomic E-state index is 13.1. The van der Waals surface area contributed by atoms with E-state index in [2.05, 4.69) is 0 Å². The first-order chi connectivity index (χ1) is 21.4. The zero-order valence-corrected chi connectivity index (χ0v) is 26.1. The van der Waals surface area contributed by atoms with Gasteiger partial charge in [0.2, 0.25) is 0 Å². The summed E-state index contributed by atoms with van der Waals surface area (Å²) in [5, 5.41) is 0. The molecule has 262 valence electrons. The first-order valence-electron chi connectivity index (χ1n) is 15.2. The quantitative estimate of drug-likeness (QED) is 0.0407. The molecule has 1 aliphatic heterocycles. The fourth-order valence-electron chi connectivity index (χ4n) is 4.36. The van der Waals surface area contributed by atoms with Crippen molar-refractivity contribution in [1.82, 2.24) is 0 Å². The van der Waals surface area contributed by atoms with E-state index in [9.17, 15) is 19.2 Å². The minimum atomic E-state index is -1.56. The van der Waals surface area contributed by atoms with E-state index in [0.717, 1.165) is 0 Å². The van der Waals surface area contributed by atoms with Crippen molar-refractivity contribution in [2.75, 3.05) is 39.9 Å². The molecule has 0 amide bonds. The average Bonchev–Trinajstić information content (AvgIpc) is 3.03. The molecule has 0 aromatic heterocycles. The average molecular weight is 651 g/mol. The lowest BCUT2D eigenvalue weighted by molar-refractivity contribution is -0.304. The molecule has 0 unspecified atom stereocenters. The summed E-state index contributed by atoms with van der Waals surface area (Å²) in [6, 6.07) is -4.32. The van der Waals surface area contributed by atoms with Crippen molar-refractivity contribution < 1.29 is 47.6 Å². The highest BCUT2D eigenvalue weighted by molar-refractivity contribution is 5.78. The predicted molar refractivity (Wildman–Crippen MR) is 161 cm³/mol. The molecule has 0 radical (unpaired) electrons.